The molecule has 3 atom stereocenters. The molecule has 0 unspecified atom stereocenters. The Morgan fingerprint density at radius 1 is 1.46 bits per heavy atom. The van der Waals surface area contributed by atoms with Crippen molar-refractivity contribution in [2.45, 2.75) is 37.4 Å². The van der Waals surface area contributed by atoms with Crippen molar-refractivity contribution in [2.24, 2.45) is 5.73 Å². The van der Waals surface area contributed by atoms with E-state index in [-0.39, 0.29) is 11.6 Å². The van der Waals surface area contributed by atoms with E-state index in [2.05, 4.69) is 20.3 Å². The lowest BCUT2D eigenvalue weighted by Crippen LogP contribution is -2.31. The number of fused-ring (bicyclic) bond motifs is 1. The molecule has 2 aromatic rings. The van der Waals surface area contributed by atoms with Gasteiger partial charge in [0.1, 0.15) is 17.1 Å². The molecule has 9 heteroatoms. The van der Waals surface area contributed by atoms with Gasteiger partial charge in [0.2, 0.25) is 0 Å². The molecule has 1 saturated heterocycles. The van der Waals surface area contributed by atoms with Crippen LogP contribution < -0.4 is 16.6 Å². The van der Waals surface area contributed by atoms with Gasteiger partial charge in [-0.1, -0.05) is 0 Å². The average Bonchev–Trinajstić information content (AvgIpc) is 3.18. The van der Waals surface area contributed by atoms with E-state index in [0.29, 0.717) is 18.0 Å². The molecule has 1 fully saturated rings. The van der Waals surface area contributed by atoms with Gasteiger partial charge in [-0.2, -0.15) is 11.8 Å². The van der Waals surface area contributed by atoms with Gasteiger partial charge in [0.05, 0.1) is 6.33 Å². The highest BCUT2D eigenvalue weighted by Gasteiger charge is 2.27. The Kier molecular flexibility index (Phi) is 5.22. The van der Waals surface area contributed by atoms with Crippen LogP contribution in [0.5, 0.6) is 0 Å². The van der Waals surface area contributed by atoms with E-state index in [1.807, 2.05) is 6.20 Å². The van der Waals surface area contributed by atoms with E-state index in [0.717, 1.165) is 35.4 Å². The number of nitrogens with zero attached hydrogens (tertiary/aromatic N) is 1. The summed E-state index contributed by atoms with van der Waals surface area (Å²) < 4.78 is 0. The third-order valence-corrected chi connectivity index (χ3v) is 5.49. The maximum Gasteiger partial charge on any atom is 0.320 e. The first-order valence-corrected chi connectivity index (χ1v) is 9.08. The zero-order valence-electron chi connectivity index (χ0n) is 13.1. The maximum absolute atomic E-state index is 11.7. The lowest BCUT2D eigenvalue weighted by atomic mass is 10.1. The Balaban J connectivity index is 1.53. The Bertz CT molecular complexity index is 774. The fourth-order valence-corrected chi connectivity index (χ4v) is 4.13. The molecule has 0 saturated carbocycles. The highest BCUT2D eigenvalue weighted by molar-refractivity contribution is 7.99. The molecule has 24 heavy (non-hydrogen) atoms. The van der Waals surface area contributed by atoms with E-state index < -0.39 is 12.0 Å². The summed E-state index contributed by atoms with van der Waals surface area (Å²) in [6, 6.07) is -0.231. The second-order valence-corrected chi connectivity index (χ2v) is 7.15. The zero-order chi connectivity index (χ0) is 17.1. The average molecular weight is 351 g/mol. The van der Waals surface area contributed by atoms with Crippen molar-refractivity contribution in [2.75, 3.05) is 11.5 Å². The van der Waals surface area contributed by atoms with Crippen LogP contribution in [-0.2, 0) is 4.79 Å². The van der Waals surface area contributed by atoms with Crippen LogP contribution in [0.25, 0.3) is 11.0 Å². The van der Waals surface area contributed by atoms with Crippen molar-refractivity contribution in [3.05, 3.63) is 28.4 Å². The lowest BCUT2D eigenvalue weighted by Gasteiger charge is -2.14. The molecule has 0 aliphatic carbocycles. The molecule has 0 radical (unpaired) electrons. The first kappa shape index (κ1) is 17.0. The van der Waals surface area contributed by atoms with Gasteiger partial charge in [0.25, 0.3) is 5.56 Å². The number of H-pyrrole nitrogens is 2. The standard InChI is InChI=1S/C15H21N5O3S/c16-10(15(22)23)3-4-24-6-8-1-2-11(20-8)9-5-17-13-12(9)18-7-19-14(13)21/h5,7-8,10-11,17,20H,1-4,6,16H2,(H,22,23)(H,18,19,21)/t8-,10-,11+/m0/s1. The fourth-order valence-electron chi connectivity index (χ4n) is 2.99. The molecule has 2 aromatic heterocycles. The van der Waals surface area contributed by atoms with E-state index in [1.165, 1.54) is 6.33 Å². The molecule has 130 valence electrons. The number of hydrogen-bond donors (Lipinski definition) is 5. The Morgan fingerprint density at radius 2 is 2.29 bits per heavy atom. The van der Waals surface area contributed by atoms with Gasteiger partial charge >= 0.3 is 5.97 Å². The summed E-state index contributed by atoms with van der Waals surface area (Å²) in [5, 5.41) is 12.3. The second kappa shape index (κ2) is 7.37. The van der Waals surface area contributed by atoms with Crippen LogP contribution in [0.4, 0.5) is 0 Å². The van der Waals surface area contributed by atoms with Crippen molar-refractivity contribution in [1.82, 2.24) is 20.3 Å². The van der Waals surface area contributed by atoms with E-state index in [9.17, 15) is 9.59 Å². The van der Waals surface area contributed by atoms with Crippen LogP contribution in [-0.4, -0.2) is 49.6 Å². The number of carbonyl (C=O) groups is 1. The smallest absolute Gasteiger partial charge is 0.320 e. The SMILES string of the molecule is N[C@@H](CCSC[C@@H]1CC[C@H](c2c[nH]c3c(=O)[nH]cnc23)N1)C(=O)O. The molecule has 0 bridgehead atoms. The van der Waals surface area contributed by atoms with Gasteiger partial charge in [-0.25, -0.2) is 4.98 Å². The number of carboxylic acids is 1. The molecule has 0 amide bonds. The number of hydrogen-bond acceptors (Lipinski definition) is 6. The van der Waals surface area contributed by atoms with Gasteiger partial charge in [-0.15, -0.1) is 0 Å². The van der Waals surface area contributed by atoms with Crippen LogP contribution in [0.1, 0.15) is 30.9 Å². The van der Waals surface area contributed by atoms with Gasteiger partial charge in [0.15, 0.2) is 0 Å². The summed E-state index contributed by atoms with van der Waals surface area (Å²) in [7, 11) is 0. The van der Waals surface area contributed by atoms with Crippen LogP contribution >= 0.6 is 11.8 Å². The number of aromatic amines is 2. The van der Waals surface area contributed by atoms with Crippen LogP contribution in [0.15, 0.2) is 17.3 Å². The number of thioether (sulfide) groups is 1. The Hall–Kier alpha value is -1.84. The summed E-state index contributed by atoms with van der Waals surface area (Å²) in [4.78, 5) is 32.3. The highest BCUT2D eigenvalue weighted by atomic mass is 32.2. The first-order valence-electron chi connectivity index (χ1n) is 7.93. The van der Waals surface area contributed by atoms with Crippen LogP contribution in [0.2, 0.25) is 0 Å². The van der Waals surface area contributed by atoms with E-state index in [4.69, 9.17) is 10.8 Å². The molecule has 3 rings (SSSR count). The van der Waals surface area contributed by atoms with Crippen molar-refractivity contribution in [3.8, 4) is 0 Å². The molecular formula is C15H21N5O3S. The van der Waals surface area contributed by atoms with Crippen LogP contribution in [0.3, 0.4) is 0 Å². The number of nitrogens with one attached hydrogen (secondary N) is 3. The Labute approximate surface area is 142 Å². The predicted octanol–water partition coefficient (Wildman–Crippen LogP) is 0.579. The third kappa shape index (κ3) is 3.63. The Morgan fingerprint density at radius 3 is 3.08 bits per heavy atom. The van der Waals surface area contributed by atoms with Gasteiger partial charge in [-0.3, -0.25) is 9.59 Å². The number of aliphatic carboxylic acids is 1. The molecular weight excluding hydrogens is 330 g/mol. The molecule has 8 nitrogen and oxygen atoms in total. The quantitative estimate of drug-likeness (QED) is 0.460. The van der Waals surface area contributed by atoms with Gasteiger partial charge < -0.3 is 26.1 Å². The largest absolute Gasteiger partial charge is 0.480 e. The van der Waals surface area contributed by atoms with E-state index in [1.54, 1.807) is 11.8 Å². The first-order chi connectivity index (χ1) is 11.6. The summed E-state index contributed by atoms with van der Waals surface area (Å²) in [6.45, 7) is 0. The number of carboxylic acid groups (broad SMARTS) is 1. The van der Waals surface area contributed by atoms with Crippen LogP contribution in [0, 0.1) is 0 Å². The lowest BCUT2D eigenvalue weighted by molar-refractivity contribution is -0.138. The van der Waals surface area contributed by atoms with E-state index >= 15 is 0 Å². The molecule has 0 spiro atoms. The second-order valence-electron chi connectivity index (χ2n) is 6.00. The molecule has 1 aliphatic heterocycles. The van der Waals surface area contributed by atoms with Crippen molar-refractivity contribution in [3.63, 3.8) is 0 Å². The summed E-state index contributed by atoms with van der Waals surface area (Å²) in [5.74, 6) is 0.705. The van der Waals surface area contributed by atoms with Gasteiger partial charge in [0, 0.05) is 29.6 Å². The third-order valence-electron chi connectivity index (χ3n) is 4.32. The monoisotopic (exact) mass is 351 g/mol. The molecule has 0 aromatic carbocycles. The number of aromatic nitrogens is 3. The normalized spacial score (nSPS) is 22.0. The van der Waals surface area contributed by atoms with Crippen molar-refractivity contribution >= 4 is 28.8 Å². The van der Waals surface area contributed by atoms with Crippen molar-refractivity contribution < 1.29 is 9.90 Å². The molecule has 6 N–H and O–H groups in total. The fraction of sp³-hybridized carbons (Fsp3) is 0.533. The summed E-state index contributed by atoms with van der Waals surface area (Å²) in [5.41, 5.74) is 7.59. The van der Waals surface area contributed by atoms with Crippen molar-refractivity contribution in [1.29, 1.82) is 0 Å². The maximum atomic E-state index is 11.7. The highest BCUT2D eigenvalue weighted by Crippen LogP contribution is 2.30. The minimum atomic E-state index is -0.948. The minimum absolute atomic E-state index is 0.161. The molecule has 1 aliphatic rings. The topological polar surface area (TPSA) is 137 Å². The summed E-state index contributed by atoms with van der Waals surface area (Å²) >= 11 is 1.72. The number of rotatable bonds is 7. The predicted molar refractivity (Wildman–Crippen MR) is 93.2 cm³/mol. The minimum Gasteiger partial charge on any atom is -0.480 e. The molecule has 3 heterocycles. The zero-order valence-corrected chi connectivity index (χ0v) is 13.9. The summed E-state index contributed by atoms with van der Waals surface area (Å²) in [6.07, 6.45) is 5.78. The number of nitrogens with two attached hydrogens (primary N) is 1. The van der Waals surface area contributed by atoms with Gasteiger partial charge in [-0.05, 0) is 25.0 Å².